The maximum Gasteiger partial charge on any atom is 0.214 e. The lowest BCUT2D eigenvalue weighted by molar-refractivity contribution is 0.0366. The molecule has 1 saturated heterocycles. The van der Waals surface area contributed by atoms with Crippen molar-refractivity contribution in [2.75, 3.05) is 25.4 Å². The molecule has 1 saturated carbocycles. The van der Waals surface area contributed by atoms with Gasteiger partial charge in [-0.1, -0.05) is 19.3 Å². The molecule has 6 nitrogen and oxygen atoms in total. The van der Waals surface area contributed by atoms with Gasteiger partial charge in [0.1, 0.15) is 11.9 Å². The van der Waals surface area contributed by atoms with Crippen LogP contribution in [0.5, 0.6) is 0 Å². The fourth-order valence-electron chi connectivity index (χ4n) is 2.82. The highest BCUT2D eigenvalue weighted by Gasteiger charge is 2.32. The molecule has 2 aliphatic rings. The van der Waals surface area contributed by atoms with Crippen molar-refractivity contribution in [1.29, 1.82) is 5.41 Å². The number of hydrogen-bond acceptors (Lipinski definition) is 4. The molecule has 3 N–H and O–H groups in total. The summed E-state index contributed by atoms with van der Waals surface area (Å²) in [4.78, 5) is 0. The van der Waals surface area contributed by atoms with Crippen molar-refractivity contribution in [2.24, 2.45) is 11.7 Å². The summed E-state index contributed by atoms with van der Waals surface area (Å²) < 4.78 is 31.5. The molecule has 1 heterocycles. The summed E-state index contributed by atoms with van der Waals surface area (Å²) in [5.74, 6) is 0.424. The van der Waals surface area contributed by atoms with Crippen LogP contribution in [0.1, 0.15) is 32.1 Å². The molecule has 110 valence electrons. The molecule has 0 aromatic rings. The Kier molecular flexibility index (Phi) is 4.81. The summed E-state index contributed by atoms with van der Waals surface area (Å²) in [7, 11) is -3.25. The topological polar surface area (TPSA) is 96.5 Å². The van der Waals surface area contributed by atoms with Crippen molar-refractivity contribution in [3.8, 4) is 0 Å². The maximum absolute atomic E-state index is 12.4. The number of ether oxygens (including phenoxy) is 1. The Bertz CT molecular complexity index is 418. The molecule has 0 bridgehead atoms. The fraction of sp³-hybridized carbons (Fsp3) is 0.917. The number of nitrogens with zero attached hydrogens (tertiary/aromatic N) is 1. The van der Waals surface area contributed by atoms with E-state index in [2.05, 4.69) is 0 Å². The quantitative estimate of drug-likeness (QED) is 0.583. The molecule has 19 heavy (non-hydrogen) atoms. The number of nitrogens with two attached hydrogens (primary N) is 1. The van der Waals surface area contributed by atoms with Gasteiger partial charge in [-0.15, -0.1) is 0 Å². The van der Waals surface area contributed by atoms with Crippen molar-refractivity contribution in [1.82, 2.24) is 4.31 Å². The third kappa shape index (κ3) is 3.90. The van der Waals surface area contributed by atoms with Crippen LogP contribution in [-0.4, -0.2) is 50.1 Å². The van der Waals surface area contributed by atoms with Gasteiger partial charge < -0.3 is 10.5 Å². The van der Waals surface area contributed by atoms with Crippen LogP contribution in [0.2, 0.25) is 0 Å². The summed E-state index contributed by atoms with van der Waals surface area (Å²) in [5.41, 5.74) is 5.39. The van der Waals surface area contributed by atoms with E-state index in [0.717, 1.165) is 25.7 Å². The van der Waals surface area contributed by atoms with Crippen molar-refractivity contribution < 1.29 is 13.2 Å². The van der Waals surface area contributed by atoms with E-state index in [1.807, 2.05) is 0 Å². The fourth-order valence-corrected chi connectivity index (χ4v) is 4.68. The van der Waals surface area contributed by atoms with Gasteiger partial charge in [0.05, 0.1) is 12.4 Å². The maximum atomic E-state index is 12.4. The van der Waals surface area contributed by atoms with Gasteiger partial charge in [0.25, 0.3) is 0 Å². The minimum atomic E-state index is -3.25. The minimum Gasteiger partial charge on any atom is -0.385 e. The highest BCUT2D eigenvalue weighted by molar-refractivity contribution is 7.89. The number of rotatable bonds is 4. The molecule has 0 spiro atoms. The van der Waals surface area contributed by atoms with E-state index in [0.29, 0.717) is 13.2 Å². The second-order valence-corrected chi connectivity index (χ2v) is 7.47. The zero-order valence-corrected chi connectivity index (χ0v) is 12.0. The molecular formula is C12H23N3O3S. The van der Waals surface area contributed by atoms with Crippen LogP contribution >= 0.6 is 0 Å². The van der Waals surface area contributed by atoms with Gasteiger partial charge in [-0.05, 0) is 18.8 Å². The standard InChI is InChI=1S/C12H23N3O3S/c13-12(14)11-8-15(6-7-18-11)19(16,17)9-10-4-2-1-3-5-10/h10-11H,1-9H2,(H3,13,14). The number of morpholine rings is 1. The second kappa shape index (κ2) is 6.19. The first-order valence-corrected chi connectivity index (χ1v) is 8.53. The SMILES string of the molecule is N=C(N)C1CN(S(=O)(=O)CC2CCCCC2)CCO1. The Morgan fingerprint density at radius 2 is 2.00 bits per heavy atom. The molecule has 7 heteroatoms. The molecule has 2 rings (SSSR count). The number of sulfonamides is 1. The summed E-state index contributed by atoms with van der Waals surface area (Å²) >= 11 is 0. The molecular weight excluding hydrogens is 266 g/mol. The van der Waals surface area contributed by atoms with Gasteiger partial charge in [-0.25, -0.2) is 8.42 Å². The lowest BCUT2D eigenvalue weighted by Crippen LogP contribution is -2.51. The van der Waals surface area contributed by atoms with E-state index in [1.54, 1.807) is 0 Å². The third-order valence-corrected chi connectivity index (χ3v) is 5.95. The molecule has 0 amide bonds. The number of nitrogens with one attached hydrogen (secondary N) is 1. The van der Waals surface area contributed by atoms with Gasteiger partial charge >= 0.3 is 0 Å². The smallest absolute Gasteiger partial charge is 0.214 e. The monoisotopic (exact) mass is 289 g/mol. The van der Waals surface area contributed by atoms with Crippen LogP contribution in [0.25, 0.3) is 0 Å². The van der Waals surface area contributed by atoms with Crippen molar-refractivity contribution in [3.63, 3.8) is 0 Å². The van der Waals surface area contributed by atoms with E-state index in [1.165, 1.54) is 10.7 Å². The lowest BCUT2D eigenvalue weighted by Gasteiger charge is -2.33. The summed E-state index contributed by atoms with van der Waals surface area (Å²) in [5, 5.41) is 7.37. The number of amidine groups is 1. The van der Waals surface area contributed by atoms with E-state index >= 15 is 0 Å². The van der Waals surface area contributed by atoms with E-state index < -0.39 is 16.1 Å². The average molecular weight is 289 g/mol. The highest BCUT2D eigenvalue weighted by Crippen LogP contribution is 2.26. The van der Waals surface area contributed by atoms with Crippen LogP contribution < -0.4 is 5.73 Å². The molecule has 2 fully saturated rings. The van der Waals surface area contributed by atoms with Gasteiger partial charge in [0.15, 0.2) is 0 Å². The van der Waals surface area contributed by atoms with Crippen LogP contribution in [0.4, 0.5) is 0 Å². The first-order valence-electron chi connectivity index (χ1n) is 6.92. The Labute approximate surface area is 114 Å². The van der Waals surface area contributed by atoms with Gasteiger partial charge in [0.2, 0.25) is 10.0 Å². The zero-order chi connectivity index (χ0) is 13.9. The Balaban J connectivity index is 1.96. The Hall–Kier alpha value is -0.660. The first kappa shape index (κ1) is 14.7. The van der Waals surface area contributed by atoms with Gasteiger partial charge in [-0.3, -0.25) is 5.41 Å². The van der Waals surface area contributed by atoms with Crippen molar-refractivity contribution >= 4 is 15.9 Å². The van der Waals surface area contributed by atoms with Crippen LogP contribution in [0.3, 0.4) is 0 Å². The van der Waals surface area contributed by atoms with E-state index in [9.17, 15) is 8.42 Å². The third-order valence-electron chi connectivity index (χ3n) is 3.94. The van der Waals surface area contributed by atoms with Crippen molar-refractivity contribution in [3.05, 3.63) is 0 Å². The first-order chi connectivity index (χ1) is 8.99. The normalized spacial score (nSPS) is 27.3. The molecule has 1 aliphatic heterocycles. The Morgan fingerprint density at radius 3 is 2.63 bits per heavy atom. The predicted octanol–water partition coefficient (Wildman–Crippen LogP) is 0.533. The van der Waals surface area contributed by atoms with Crippen molar-refractivity contribution in [2.45, 2.75) is 38.2 Å². The minimum absolute atomic E-state index is 0.0995. The van der Waals surface area contributed by atoms with Gasteiger partial charge in [-0.2, -0.15) is 4.31 Å². The molecule has 1 unspecified atom stereocenters. The molecule has 0 aromatic heterocycles. The lowest BCUT2D eigenvalue weighted by atomic mass is 9.91. The largest absolute Gasteiger partial charge is 0.385 e. The highest BCUT2D eigenvalue weighted by atomic mass is 32.2. The number of hydrogen-bond donors (Lipinski definition) is 2. The van der Waals surface area contributed by atoms with Crippen LogP contribution in [0, 0.1) is 11.3 Å². The summed E-state index contributed by atoms with van der Waals surface area (Å²) in [6.07, 6.45) is 4.94. The molecule has 0 aromatic carbocycles. The van der Waals surface area contributed by atoms with Gasteiger partial charge in [0, 0.05) is 13.1 Å². The Morgan fingerprint density at radius 1 is 1.32 bits per heavy atom. The van der Waals surface area contributed by atoms with E-state index in [-0.39, 0.29) is 24.1 Å². The molecule has 1 aliphatic carbocycles. The zero-order valence-electron chi connectivity index (χ0n) is 11.2. The molecule has 1 atom stereocenters. The van der Waals surface area contributed by atoms with Crippen LogP contribution in [-0.2, 0) is 14.8 Å². The molecule has 0 radical (unpaired) electrons. The summed E-state index contributed by atoms with van der Waals surface area (Å²) in [6, 6.07) is 0. The van der Waals surface area contributed by atoms with E-state index in [4.69, 9.17) is 15.9 Å². The summed E-state index contributed by atoms with van der Waals surface area (Å²) in [6.45, 7) is 0.872. The second-order valence-electron chi connectivity index (χ2n) is 5.46. The van der Waals surface area contributed by atoms with Crippen LogP contribution in [0.15, 0.2) is 0 Å². The predicted molar refractivity (Wildman–Crippen MR) is 73.6 cm³/mol. The average Bonchev–Trinajstić information content (AvgIpc) is 2.39.